The SMILES string of the molecule is CC(C)(C)c1cc(N)n(-c2cc(OC=O)cc(C(=O)O)c2)n1. The number of aromatic nitrogens is 2. The maximum absolute atomic E-state index is 11.2. The normalized spacial score (nSPS) is 11.2. The number of hydrogen-bond donors (Lipinski definition) is 2. The fourth-order valence-corrected chi connectivity index (χ4v) is 1.92. The molecule has 0 aliphatic carbocycles. The number of anilines is 1. The van der Waals surface area contributed by atoms with Gasteiger partial charge in [-0.15, -0.1) is 0 Å². The highest BCUT2D eigenvalue weighted by Gasteiger charge is 2.20. The fourth-order valence-electron chi connectivity index (χ4n) is 1.92. The quantitative estimate of drug-likeness (QED) is 0.836. The van der Waals surface area contributed by atoms with E-state index >= 15 is 0 Å². The second-order valence-electron chi connectivity index (χ2n) is 5.85. The lowest BCUT2D eigenvalue weighted by Gasteiger charge is -2.14. The van der Waals surface area contributed by atoms with Gasteiger partial charge in [-0.3, -0.25) is 4.79 Å². The summed E-state index contributed by atoms with van der Waals surface area (Å²) in [4.78, 5) is 21.7. The molecule has 0 fully saturated rings. The van der Waals surface area contributed by atoms with Crippen LogP contribution in [0.1, 0.15) is 36.8 Å². The van der Waals surface area contributed by atoms with Crippen molar-refractivity contribution in [1.82, 2.24) is 9.78 Å². The lowest BCUT2D eigenvalue weighted by Crippen LogP contribution is -2.13. The van der Waals surface area contributed by atoms with Crippen molar-refractivity contribution in [2.24, 2.45) is 0 Å². The zero-order valence-electron chi connectivity index (χ0n) is 12.5. The van der Waals surface area contributed by atoms with Crippen LogP contribution in [0.15, 0.2) is 24.3 Å². The molecule has 1 heterocycles. The average molecular weight is 303 g/mol. The molecule has 0 spiro atoms. The first-order valence-electron chi connectivity index (χ1n) is 6.57. The van der Waals surface area contributed by atoms with Crippen LogP contribution in [0.2, 0.25) is 0 Å². The molecule has 0 aliphatic heterocycles. The Morgan fingerprint density at radius 3 is 2.50 bits per heavy atom. The number of benzene rings is 1. The molecule has 1 aromatic carbocycles. The Balaban J connectivity index is 2.58. The van der Waals surface area contributed by atoms with Crippen molar-refractivity contribution in [3.63, 3.8) is 0 Å². The Labute approximate surface area is 127 Å². The topological polar surface area (TPSA) is 107 Å². The third-order valence-electron chi connectivity index (χ3n) is 3.07. The molecule has 0 bridgehead atoms. The van der Waals surface area contributed by atoms with Crippen molar-refractivity contribution >= 4 is 18.3 Å². The Kier molecular flexibility index (Phi) is 3.90. The smallest absolute Gasteiger partial charge is 0.335 e. The highest BCUT2D eigenvalue weighted by Crippen LogP contribution is 2.27. The molecular formula is C15H17N3O4. The van der Waals surface area contributed by atoms with Crippen LogP contribution in [0, 0.1) is 0 Å². The van der Waals surface area contributed by atoms with E-state index in [9.17, 15) is 9.59 Å². The van der Waals surface area contributed by atoms with E-state index in [0.29, 0.717) is 11.5 Å². The van der Waals surface area contributed by atoms with E-state index < -0.39 is 5.97 Å². The van der Waals surface area contributed by atoms with Gasteiger partial charge < -0.3 is 15.6 Å². The van der Waals surface area contributed by atoms with Gasteiger partial charge in [-0.1, -0.05) is 20.8 Å². The molecule has 2 aromatic rings. The van der Waals surface area contributed by atoms with Gasteiger partial charge in [0.2, 0.25) is 0 Å². The molecule has 0 unspecified atom stereocenters. The fraction of sp³-hybridized carbons (Fsp3) is 0.267. The Hall–Kier alpha value is -2.83. The number of ether oxygens (including phenoxy) is 1. The Morgan fingerprint density at radius 2 is 2.00 bits per heavy atom. The lowest BCUT2D eigenvalue weighted by atomic mass is 9.92. The van der Waals surface area contributed by atoms with Gasteiger partial charge in [-0.2, -0.15) is 5.10 Å². The monoisotopic (exact) mass is 303 g/mol. The minimum Gasteiger partial charge on any atom is -0.478 e. The predicted octanol–water partition coefficient (Wildman–Crippen LogP) is 1.99. The van der Waals surface area contributed by atoms with Crippen molar-refractivity contribution in [3.8, 4) is 11.4 Å². The summed E-state index contributed by atoms with van der Waals surface area (Å²) in [6, 6.07) is 5.89. The summed E-state index contributed by atoms with van der Waals surface area (Å²) in [7, 11) is 0. The van der Waals surface area contributed by atoms with E-state index in [1.807, 2.05) is 20.8 Å². The van der Waals surface area contributed by atoms with Crippen LogP contribution in [-0.4, -0.2) is 27.3 Å². The Morgan fingerprint density at radius 1 is 1.32 bits per heavy atom. The summed E-state index contributed by atoms with van der Waals surface area (Å²) in [5.74, 6) is -0.666. The van der Waals surface area contributed by atoms with Gasteiger partial charge in [0, 0.05) is 17.5 Å². The molecule has 0 amide bonds. The van der Waals surface area contributed by atoms with Crippen molar-refractivity contribution in [2.45, 2.75) is 26.2 Å². The van der Waals surface area contributed by atoms with Gasteiger partial charge in [0.25, 0.3) is 6.47 Å². The van der Waals surface area contributed by atoms with Gasteiger partial charge >= 0.3 is 5.97 Å². The first-order valence-corrected chi connectivity index (χ1v) is 6.57. The summed E-state index contributed by atoms with van der Waals surface area (Å²) in [6.45, 7) is 6.22. The van der Waals surface area contributed by atoms with Crippen molar-refractivity contribution in [2.75, 3.05) is 5.73 Å². The number of carbonyl (C=O) groups excluding carboxylic acids is 1. The number of nitrogens with zero attached hydrogens (tertiary/aromatic N) is 2. The van der Waals surface area contributed by atoms with E-state index in [4.69, 9.17) is 15.6 Å². The number of aromatic carboxylic acids is 1. The summed E-state index contributed by atoms with van der Waals surface area (Å²) in [5, 5.41) is 13.6. The average Bonchev–Trinajstić information content (AvgIpc) is 2.81. The lowest BCUT2D eigenvalue weighted by molar-refractivity contribution is -0.120. The Bertz CT molecular complexity index is 729. The van der Waals surface area contributed by atoms with Crippen LogP contribution in [0.3, 0.4) is 0 Å². The number of hydrogen-bond acceptors (Lipinski definition) is 5. The molecule has 7 nitrogen and oxygen atoms in total. The molecule has 0 saturated heterocycles. The van der Waals surface area contributed by atoms with Gasteiger partial charge in [0.15, 0.2) is 0 Å². The molecule has 0 radical (unpaired) electrons. The number of rotatable bonds is 4. The standard InChI is InChI=1S/C15H17N3O4/c1-15(2,3)12-7-13(16)18(17-12)10-4-9(14(20)21)5-11(6-10)22-8-19/h4-8H,16H2,1-3H3,(H,20,21). The van der Waals surface area contributed by atoms with Crippen LogP contribution >= 0.6 is 0 Å². The highest BCUT2D eigenvalue weighted by atomic mass is 16.5. The number of nitrogens with two attached hydrogens (primary N) is 1. The number of nitrogen functional groups attached to an aromatic ring is 1. The molecule has 7 heteroatoms. The third kappa shape index (κ3) is 3.08. The largest absolute Gasteiger partial charge is 0.478 e. The first kappa shape index (κ1) is 15.6. The first-order chi connectivity index (χ1) is 10.2. The van der Waals surface area contributed by atoms with Gasteiger partial charge in [0.1, 0.15) is 11.6 Å². The van der Waals surface area contributed by atoms with Gasteiger partial charge in [-0.25, -0.2) is 9.48 Å². The summed E-state index contributed by atoms with van der Waals surface area (Å²) < 4.78 is 6.17. The second kappa shape index (κ2) is 5.51. The molecule has 2 rings (SSSR count). The van der Waals surface area contributed by atoms with Crippen LogP contribution in [0.25, 0.3) is 5.69 Å². The molecule has 3 N–H and O–H groups in total. The molecule has 0 atom stereocenters. The van der Waals surface area contributed by atoms with Crippen LogP contribution < -0.4 is 10.5 Å². The van der Waals surface area contributed by atoms with Crippen LogP contribution in [0.5, 0.6) is 5.75 Å². The highest BCUT2D eigenvalue weighted by molar-refractivity contribution is 5.89. The number of carboxylic acid groups (broad SMARTS) is 1. The van der Waals surface area contributed by atoms with E-state index in [1.165, 1.54) is 22.9 Å². The molecule has 116 valence electrons. The van der Waals surface area contributed by atoms with Crippen LogP contribution in [0.4, 0.5) is 5.82 Å². The summed E-state index contributed by atoms with van der Waals surface area (Å²) in [6.07, 6.45) is 0. The second-order valence-corrected chi connectivity index (χ2v) is 5.85. The molecular weight excluding hydrogens is 286 g/mol. The molecule has 22 heavy (non-hydrogen) atoms. The van der Waals surface area contributed by atoms with Crippen molar-refractivity contribution in [3.05, 3.63) is 35.5 Å². The van der Waals surface area contributed by atoms with Gasteiger partial charge in [-0.05, 0) is 12.1 Å². The van der Waals surface area contributed by atoms with Crippen molar-refractivity contribution < 1.29 is 19.4 Å². The van der Waals surface area contributed by atoms with E-state index in [0.717, 1.165) is 5.69 Å². The minimum atomic E-state index is -1.14. The van der Waals surface area contributed by atoms with Gasteiger partial charge in [0.05, 0.1) is 16.9 Å². The minimum absolute atomic E-state index is 0.0263. The molecule has 0 saturated carbocycles. The zero-order valence-corrected chi connectivity index (χ0v) is 12.5. The molecule has 0 aliphatic rings. The predicted molar refractivity (Wildman–Crippen MR) is 80.3 cm³/mol. The zero-order chi connectivity index (χ0) is 16.5. The van der Waals surface area contributed by atoms with E-state index in [-0.39, 0.29) is 23.2 Å². The van der Waals surface area contributed by atoms with Crippen LogP contribution in [-0.2, 0) is 10.2 Å². The van der Waals surface area contributed by atoms with E-state index in [2.05, 4.69) is 5.10 Å². The summed E-state index contributed by atoms with van der Waals surface area (Å²) >= 11 is 0. The maximum Gasteiger partial charge on any atom is 0.335 e. The van der Waals surface area contributed by atoms with E-state index in [1.54, 1.807) is 6.07 Å². The summed E-state index contributed by atoms with van der Waals surface area (Å²) in [5.41, 5.74) is 6.91. The number of carbonyl (C=O) groups is 2. The van der Waals surface area contributed by atoms with Crippen molar-refractivity contribution in [1.29, 1.82) is 0 Å². The maximum atomic E-state index is 11.2. The number of carboxylic acids is 1. The third-order valence-corrected chi connectivity index (χ3v) is 3.07. The molecule has 1 aromatic heterocycles.